The smallest absolute Gasteiger partial charge is 0.290 e. The van der Waals surface area contributed by atoms with Gasteiger partial charge in [-0.3, -0.25) is 38.5 Å². The summed E-state index contributed by atoms with van der Waals surface area (Å²) in [5.41, 5.74) is 1.55. The second kappa shape index (κ2) is 24.7. The van der Waals surface area contributed by atoms with Crippen LogP contribution in [0, 0.1) is 17.8 Å². The standard InChI is InChI=1S/C46H62N8O10S/c1-7-29(5)40(53-43(58)36(24-28(3)4)51-44(59)38-26-47-22-23-48-38)45(60)52-37(25-30-12-10-9-11-13-30)42(57)50-35(8-2)41(56)46(61)49-27-39(55)54-65(62,63)34-20-16-32(17-21-34)31-14-18-33(64-6)19-15-31/h14-23,26,28-30,35-37,40H,7-13,24-25,27H2,1-6H3,(H,49,61)(H,50,57)(H,51,59)(H,52,60)(H,53,58)(H,54,55). The fourth-order valence-electron chi connectivity index (χ4n) is 7.44. The maximum Gasteiger partial charge on any atom is 0.290 e. The van der Waals surface area contributed by atoms with Crippen molar-refractivity contribution >= 4 is 51.2 Å². The van der Waals surface area contributed by atoms with E-state index in [0.717, 1.165) is 43.2 Å². The lowest BCUT2D eigenvalue weighted by molar-refractivity contribution is -0.141. The van der Waals surface area contributed by atoms with E-state index in [-0.39, 0.29) is 41.7 Å². The van der Waals surface area contributed by atoms with Crippen LogP contribution in [-0.2, 0) is 38.8 Å². The number of sulfonamides is 1. The summed E-state index contributed by atoms with van der Waals surface area (Å²) in [5.74, 6) is -5.68. The van der Waals surface area contributed by atoms with Crippen molar-refractivity contribution in [2.75, 3.05) is 13.7 Å². The van der Waals surface area contributed by atoms with E-state index in [1.165, 1.54) is 30.7 Å². The number of hydrogen-bond donors (Lipinski definition) is 6. The van der Waals surface area contributed by atoms with Gasteiger partial charge < -0.3 is 31.3 Å². The van der Waals surface area contributed by atoms with Crippen LogP contribution in [0.25, 0.3) is 11.1 Å². The molecule has 0 radical (unpaired) electrons. The third-order valence-corrected chi connectivity index (χ3v) is 12.7. The van der Waals surface area contributed by atoms with Gasteiger partial charge in [-0.2, -0.15) is 0 Å². The normalized spacial score (nSPS) is 15.2. The summed E-state index contributed by atoms with van der Waals surface area (Å²) in [5, 5.41) is 13.1. The first kappa shape index (κ1) is 51.4. The van der Waals surface area contributed by atoms with Gasteiger partial charge in [0.25, 0.3) is 27.7 Å². The Hall–Kier alpha value is -6.24. The van der Waals surface area contributed by atoms with Gasteiger partial charge in [-0.1, -0.05) is 97.4 Å². The van der Waals surface area contributed by atoms with Crippen LogP contribution in [0.1, 0.15) is 103 Å². The number of Topliss-reactive ketones (excluding diaryl/α,β-unsaturated/α-hetero) is 1. The molecule has 18 nitrogen and oxygen atoms in total. The zero-order valence-electron chi connectivity index (χ0n) is 37.8. The topological polar surface area (TPSA) is 261 Å². The highest BCUT2D eigenvalue weighted by atomic mass is 32.2. The van der Waals surface area contributed by atoms with Crippen LogP contribution in [0.15, 0.2) is 72.0 Å². The number of carbonyl (C=O) groups excluding carboxylic acids is 7. The Bertz CT molecular complexity index is 2220. The van der Waals surface area contributed by atoms with E-state index >= 15 is 0 Å². The molecular formula is C46H62N8O10S. The predicted molar refractivity (Wildman–Crippen MR) is 241 cm³/mol. The maximum atomic E-state index is 14.1. The molecule has 65 heavy (non-hydrogen) atoms. The Balaban J connectivity index is 1.40. The van der Waals surface area contributed by atoms with Crippen molar-refractivity contribution in [3.8, 4) is 16.9 Å². The van der Waals surface area contributed by atoms with Crippen LogP contribution in [0.2, 0.25) is 0 Å². The molecule has 352 valence electrons. The number of amides is 6. The number of rotatable bonds is 23. The van der Waals surface area contributed by atoms with Crippen molar-refractivity contribution in [2.45, 2.75) is 121 Å². The van der Waals surface area contributed by atoms with Gasteiger partial charge in [0.1, 0.15) is 29.6 Å². The number of nitrogens with zero attached hydrogens (tertiary/aromatic N) is 2. The number of methoxy groups -OCH3 is 1. The Morgan fingerprint density at radius 1 is 0.738 bits per heavy atom. The van der Waals surface area contributed by atoms with Gasteiger partial charge in [-0.25, -0.2) is 18.1 Å². The number of hydrogen-bond acceptors (Lipinski definition) is 12. The minimum Gasteiger partial charge on any atom is -0.497 e. The monoisotopic (exact) mass is 918 g/mol. The van der Waals surface area contributed by atoms with Crippen LogP contribution in [0.5, 0.6) is 5.75 Å². The number of aromatic nitrogens is 2. The van der Waals surface area contributed by atoms with Gasteiger partial charge in [0.05, 0.1) is 30.8 Å². The largest absolute Gasteiger partial charge is 0.497 e. The summed E-state index contributed by atoms with van der Waals surface area (Å²) < 4.78 is 33.0. The molecule has 0 aliphatic heterocycles. The summed E-state index contributed by atoms with van der Waals surface area (Å²) in [4.78, 5) is 102. The molecule has 0 saturated heterocycles. The van der Waals surface area contributed by atoms with Gasteiger partial charge in [-0.15, -0.1) is 0 Å². The first-order valence-electron chi connectivity index (χ1n) is 22.1. The molecule has 2 aromatic carbocycles. The van der Waals surface area contributed by atoms with Crippen LogP contribution < -0.4 is 36.0 Å². The van der Waals surface area contributed by atoms with Gasteiger partial charge in [-0.05, 0) is 72.4 Å². The van der Waals surface area contributed by atoms with E-state index < -0.39 is 87.9 Å². The SMILES string of the molecule is CCC(NC(=O)C(CC1CCCCC1)NC(=O)C(NC(=O)C(CC(C)C)NC(=O)c1cnccn1)C(C)CC)C(=O)C(=O)NCC(=O)NS(=O)(=O)c1ccc(-c2ccc(OC)cc2)cc1. The van der Waals surface area contributed by atoms with Gasteiger partial charge >= 0.3 is 0 Å². The summed E-state index contributed by atoms with van der Waals surface area (Å²) in [6, 6.07) is 8.30. The van der Waals surface area contributed by atoms with Gasteiger partial charge in [0.2, 0.25) is 23.5 Å². The van der Waals surface area contributed by atoms with Crippen molar-refractivity contribution in [3.05, 3.63) is 72.8 Å². The average Bonchev–Trinajstić information content (AvgIpc) is 3.30. The summed E-state index contributed by atoms with van der Waals surface area (Å²) >= 11 is 0. The Morgan fingerprint density at radius 3 is 1.92 bits per heavy atom. The first-order valence-corrected chi connectivity index (χ1v) is 23.5. The molecule has 1 saturated carbocycles. The summed E-state index contributed by atoms with van der Waals surface area (Å²) in [6.45, 7) is 8.10. The van der Waals surface area contributed by atoms with Crippen LogP contribution in [0.3, 0.4) is 0 Å². The molecule has 5 atom stereocenters. The lowest BCUT2D eigenvalue weighted by atomic mass is 9.84. The highest BCUT2D eigenvalue weighted by Gasteiger charge is 2.36. The van der Waals surface area contributed by atoms with Gasteiger partial charge in [0, 0.05) is 12.4 Å². The number of ketones is 1. The molecule has 0 bridgehead atoms. The van der Waals surface area contributed by atoms with E-state index in [1.807, 2.05) is 37.6 Å². The predicted octanol–water partition coefficient (Wildman–Crippen LogP) is 3.37. The van der Waals surface area contributed by atoms with Crippen molar-refractivity contribution in [3.63, 3.8) is 0 Å². The lowest BCUT2D eigenvalue weighted by Crippen LogP contribution is -2.60. The zero-order valence-corrected chi connectivity index (χ0v) is 38.7. The van der Waals surface area contributed by atoms with E-state index in [2.05, 4.69) is 36.6 Å². The fraction of sp³-hybridized carbons (Fsp3) is 0.500. The Morgan fingerprint density at radius 2 is 1.35 bits per heavy atom. The third kappa shape index (κ3) is 15.5. The first-order chi connectivity index (χ1) is 31.0. The van der Waals surface area contributed by atoms with Crippen molar-refractivity contribution < 1.29 is 46.7 Å². The minimum absolute atomic E-state index is 0.0159. The van der Waals surface area contributed by atoms with Crippen LogP contribution in [-0.4, -0.2) is 97.4 Å². The maximum absolute atomic E-state index is 14.1. The molecule has 1 aromatic heterocycles. The quantitative estimate of drug-likeness (QED) is 0.0749. The average molecular weight is 919 g/mol. The molecular weight excluding hydrogens is 857 g/mol. The fourth-order valence-corrected chi connectivity index (χ4v) is 8.43. The van der Waals surface area contributed by atoms with Crippen LogP contribution in [0.4, 0.5) is 0 Å². The van der Waals surface area contributed by atoms with Crippen molar-refractivity contribution in [1.29, 1.82) is 0 Å². The molecule has 0 spiro atoms. The summed E-state index contributed by atoms with van der Waals surface area (Å²) in [7, 11) is -2.80. The zero-order chi connectivity index (χ0) is 47.7. The van der Waals surface area contributed by atoms with Crippen molar-refractivity contribution in [2.24, 2.45) is 17.8 Å². The van der Waals surface area contributed by atoms with E-state index in [1.54, 1.807) is 45.2 Å². The molecule has 19 heteroatoms. The molecule has 6 amide bonds. The molecule has 3 aromatic rings. The van der Waals surface area contributed by atoms with E-state index in [9.17, 15) is 42.0 Å². The Labute approximate surface area is 380 Å². The second-order valence-corrected chi connectivity index (χ2v) is 18.4. The van der Waals surface area contributed by atoms with E-state index in [0.29, 0.717) is 12.2 Å². The van der Waals surface area contributed by atoms with E-state index in [4.69, 9.17) is 4.74 Å². The molecule has 1 aliphatic rings. The van der Waals surface area contributed by atoms with Crippen molar-refractivity contribution in [1.82, 2.24) is 41.3 Å². The van der Waals surface area contributed by atoms with Crippen LogP contribution >= 0.6 is 0 Å². The molecule has 4 rings (SSSR count). The Kier molecular flexibility index (Phi) is 19.5. The highest BCUT2D eigenvalue weighted by Crippen LogP contribution is 2.28. The van der Waals surface area contributed by atoms with Gasteiger partial charge in [0.15, 0.2) is 0 Å². The number of ether oxygens (including phenoxy) is 1. The molecule has 5 unspecified atom stereocenters. The second-order valence-electron chi connectivity index (χ2n) is 16.7. The number of nitrogens with one attached hydrogen (secondary N) is 6. The lowest BCUT2D eigenvalue weighted by Gasteiger charge is -2.31. The molecule has 1 aliphatic carbocycles. The number of benzene rings is 2. The molecule has 1 heterocycles. The number of carbonyl (C=O) groups is 7. The highest BCUT2D eigenvalue weighted by molar-refractivity contribution is 7.90. The third-order valence-electron chi connectivity index (χ3n) is 11.4. The molecule has 1 fully saturated rings. The summed E-state index contributed by atoms with van der Waals surface area (Å²) in [6.07, 6.45) is 9.54. The molecule has 6 N–H and O–H groups in total. The minimum atomic E-state index is -4.34.